The highest BCUT2D eigenvalue weighted by atomic mass is 79.9. The summed E-state index contributed by atoms with van der Waals surface area (Å²) in [6.07, 6.45) is 1.80. The standard InChI is InChI=1S/C14H21BrN2O3S/c1-16-10-11-5-7-17(8-6-11)21(18,19)12-3-4-14(20-2)13(15)9-12/h3-4,9,11,16H,5-8,10H2,1-2H3. The molecule has 1 fully saturated rings. The number of benzene rings is 1. The third-order valence-electron chi connectivity index (χ3n) is 3.83. The van der Waals surface area contributed by atoms with E-state index in [1.165, 1.54) is 0 Å². The minimum absolute atomic E-state index is 0.308. The summed E-state index contributed by atoms with van der Waals surface area (Å²) in [7, 11) is 0.0644. The van der Waals surface area contributed by atoms with E-state index in [1.54, 1.807) is 29.6 Å². The van der Waals surface area contributed by atoms with Crippen molar-refractivity contribution in [3.63, 3.8) is 0 Å². The number of halogens is 1. The van der Waals surface area contributed by atoms with Crippen molar-refractivity contribution in [3.05, 3.63) is 22.7 Å². The number of hydrogen-bond donors (Lipinski definition) is 1. The van der Waals surface area contributed by atoms with Gasteiger partial charge < -0.3 is 10.1 Å². The van der Waals surface area contributed by atoms with Crippen molar-refractivity contribution >= 4 is 26.0 Å². The summed E-state index contributed by atoms with van der Waals surface area (Å²) in [6, 6.07) is 4.87. The molecule has 0 aliphatic carbocycles. The van der Waals surface area contributed by atoms with Gasteiger partial charge >= 0.3 is 0 Å². The first-order valence-electron chi connectivity index (χ1n) is 6.97. The maximum atomic E-state index is 12.7. The first kappa shape index (κ1) is 16.7. The molecule has 0 spiro atoms. The van der Waals surface area contributed by atoms with Crippen LogP contribution in [0.5, 0.6) is 5.75 Å². The molecule has 0 atom stereocenters. The summed E-state index contributed by atoms with van der Waals surface area (Å²) in [5.41, 5.74) is 0. The van der Waals surface area contributed by atoms with Crippen LogP contribution >= 0.6 is 15.9 Å². The molecular formula is C14H21BrN2O3S. The first-order valence-corrected chi connectivity index (χ1v) is 9.20. The van der Waals surface area contributed by atoms with Gasteiger partial charge in [-0.25, -0.2) is 8.42 Å². The van der Waals surface area contributed by atoms with Crippen LogP contribution in [-0.2, 0) is 10.0 Å². The van der Waals surface area contributed by atoms with Crippen LogP contribution in [0.3, 0.4) is 0 Å². The van der Waals surface area contributed by atoms with Crippen LogP contribution in [0.2, 0.25) is 0 Å². The van der Waals surface area contributed by atoms with E-state index < -0.39 is 10.0 Å². The predicted octanol–water partition coefficient (Wildman–Crippen LogP) is 2.08. The zero-order valence-electron chi connectivity index (χ0n) is 12.3. The van der Waals surface area contributed by atoms with Crippen molar-refractivity contribution in [3.8, 4) is 5.75 Å². The van der Waals surface area contributed by atoms with Gasteiger partial charge in [0, 0.05) is 13.1 Å². The molecule has 1 aromatic rings. The monoisotopic (exact) mass is 376 g/mol. The van der Waals surface area contributed by atoms with Crippen LogP contribution in [-0.4, -0.2) is 46.5 Å². The molecule has 0 aromatic heterocycles. The minimum Gasteiger partial charge on any atom is -0.496 e. The van der Waals surface area contributed by atoms with Gasteiger partial charge in [-0.05, 0) is 66.5 Å². The molecule has 1 aliphatic rings. The Morgan fingerprint density at radius 1 is 1.38 bits per heavy atom. The highest BCUT2D eigenvalue weighted by Gasteiger charge is 2.29. The lowest BCUT2D eigenvalue weighted by Gasteiger charge is -2.31. The molecule has 1 N–H and O–H groups in total. The van der Waals surface area contributed by atoms with Crippen LogP contribution < -0.4 is 10.1 Å². The number of ether oxygens (including phenoxy) is 1. The molecule has 1 heterocycles. The average Bonchev–Trinajstić information content (AvgIpc) is 2.48. The fourth-order valence-electron chi connectivity index (χ4n) is 2.60. The van der Waals surface area contributed by atoms with E-state index in [0.717, 1.165) is 19.4 Å². The maximum absolute atomic E-state index is 12.7. The Kier molecular flexibility index (Phi) is 5.65. The lowest BCUT2D eigenvalue weighted by atomic mass is 9.98. The molecule has 2 rings (SSSR count). The Morgan fingerprint density at radius 2 is 2.05 bits per heavy atom. The second-order valence-corrected chi connectivity index (χ2v) is 7.99. The molecule has 1 aliphatic heterocycles. The Morgan fingerprint density at radius 3 is 2.57 bits per heavy atom. The van der Waals surface area contributed by atoms with E-state index in [9.17, 15) is 8.42 Å². The smallest absolute Gasteiger partial charge is 0.243 e. The number of sulfonamides is 1. The number of nitrogens with one attached hydrogen (secondary N) is 1. The molecule has 5 nitrogen and oxygen atoms in total. The van der Waals surface area contributed by atoms with E-state index in [0.29, 0.717) is 34.1 Å². The predicted molar refractivity (Wildman–Crippen MR) is 86.1 cm³/mol. The van der Waals surface area contributed by atoms with E-state index in [-0.39, 0.29) is 0 Å². The molecule has 7 heteroatoms. The van der Waals surface area contributed by atoms with Crippen molar-refractivity contribution in [2.24, 2.45) is 5.92 Å². The SMILES string of the molecule is CNCC1CCN(S(=O)(=O)c2ccc(OC)c(Br)c2)CC1. The molecule has 1 aromatic carbocycles. The molecule has 0 bridgehead atoms. The molecule has 21 heavy (non-hydrogen) atoms. The maximum Gasteiger partial charge on any atom is 0.243 e. The fraction of sp³-hybridized carbons (Fsp3) is 0.571. The molecule has 118 valence electrons. The Labute approximate surface area is 134 Å². The second-order valence-electron chi connectivity index (χ2n) is 5.20. The number of hydrogen-bond acceptors (Lipinski definition) is 4. The normalized spacial score (nSPS) is 17.9. The molecule has 0 amide bonds. The quantitative estimate of drug-likeness (QED) is 0.854. The Hall–Kier alpha value is -0.630. The van der Waals surface area contributed by atoms with Crippen molar-refractivity contribution in [2.45, 2.75) is 17.7 Å². The lowest BCUT2D eigenvalue weighted by molar-refractivity contribution is 0.270. The number of nitrogens with zero attached hydrogens (tertiary/aromatic N) is 1. The summed E-state index contributed by atoms with van der Waals surface area (Å²) in [5.74, 6) is 1.19. The van der Waals surface area contributed by atoms with Gasteiger partial charge in [0.05, 0.1) is 16.5 Å². The van der Waals surface area contributed by atoms with E-state index in [2.05, 4.69) is 21.2 Å². The zero-order valence-corrected chi connectivity index (χ0v) is 14.7. The second kappa shape index (κ2) is 7.09. The van der Waals surface area contributed by atoms with Crippen molar-refractivity contribution in [2.75, 3.05) is 33.8 Å². The van der Waals surface area contributed by atoms with Crippen molar-refractivity contribution in [1.82, 2.24) is 9.62 Å². The van der Waals surface area contributed by atoms with E-state index in [1.807, 2.05) is 7.05 Å². The van der Waals surface area contributed by atoms with Crippen LogP contribution in [0.1, 0.15) is 12.8 Å². The van der Waals surface area contributed by atoms with Gasteiger partial charge in [0.2, 0.25) is 10.0 Å². The lowest BCUT2D eigenvalue weighted by Crippen LogP contribution is -2.40. The summed E-state index contributed by atoms with van der Waals surface area (Å²) < 4.78 is 32.7. The molecular weight excluding hydrogens is 356 g/mol. The topological polar surface area (TPSA) is 58.6 Å². The summed E-state index contributed by atoms with van der Waals surface area (Å²) in [6.45, 7) is 2.11. The summed E-state index contributed by atoms with van der Waals surface area (Å²) in [5, 5.41) is 3.15. The molecule has 1 saturated heterocycles. The molecule has 0 unspecified atom stereocenters. The molecule has 0 saturated carbocycles. The largest absolute Gasteiger partial charge is 0.496 e. The third-order valence-corrected chi connectivity index (χ3v) is 6.34. The highest BCUT2D eigenvalue weighted by Crippen LogP contribution is 2.30. The van der Waals surface area contributed by atoms with Gasteiger partial charge in [-0.2, -0.15) is 4.31 Å². The summed E-state index contributed by atoms with van der Waals surface area (Å²) >= 11 is 3.34. The van der Waals surface area contributed by atoms with E-state index >= 15 is 0 Å². The van der Waals surface area contributed by atoms with Crippen LogP contribution in [0.15, 0.2) is 27.6 Å². The Bertz CT molecular complexity index is 584. The van der Waals surface area contributed by atoms with Gasteiger partial charge in [0.15, 0.2) is 0 Å². The first-order chi connectivity index (χ1) is 9.98. The van der Waals surface area contributed by atoms with Gasteiger partial charge in [-0.1, -0.05) is 0 Å². The van der Waals surface area contributed by atoms with Gasteiger partial charge in [0.1, 0.15) is 5.75 Å². The van der Waals surface area contributed by atoms with Crippen LogP contribution in [0.25, 0.3) is 0 Å². The summed E-state index contributed by atoms with van der Waals surface area (Å²) in [4.78, 5) is 0.308. The fourth-order valence-corrected chi connectivity index (χ4v) is 4.79. The Balaban J connectivity index is 2.14. The van der Waals surface area contributed by atoms with Gasteiger partial charge in [-0.3, -0.25) is 0 Å². The van der Waals surface area contributed by atoms with E-state index in [4.69, 9.17) is 4.74 Å². The van der Waals surface area contributed by atoms with Crippen LogP contribution in [0, 0.1) is 5.92 Å². The molecule has 0 radical (unpaired) electrons. The van der Waals surface area contributed by atoms with Gasteiger partial charge in [-0.15, -0.1) is 0 Å². The minimum atomic E-state index is -3.42. The zero-order chi connectivity index (χ0) is 15.5. The van der Waals surface area contributed by atoms with Crippen molar-refractivity contribution < 1.29 is 13.2 Å². The number of methoxy groups -OCH3 is 1. The van der Waals surface area contributed by atoms with Gasteiger partial charge in [0.25, 0.3) is 0 Å². The average molecular weight is 377 g/mol. The van der Waals surface area contributed by atoms with Crippen molar-refractivity contribution in [1.29, 1.82) is 0 Å². The number of piperidine rings is 1. The number of rotatable bonds is 5. The highest BCUT2D eigenvalue weighted by molar-refractivity contribution is 9.10. The third kappa shape index (κ3) is 3.77. The van der Waals surface area contributed by atoms with Crippen LogP contribution in [0.4, 0.5) is 0 Å².